The summed E-state index contributed by atoms with van der Waals surface area (Å²) in [4.78, 5) is 18.1. The van der Waals surface area contributed by atoms with Crippen LogP contribution in [0.4, 0.5) is 10.7 Å². The lowest BCUT2D eigenvalue weighted by atomic mass is 10.1. The van der Waals surface area contributed by atoms with Crippen molar-refractivity contribution in [2.24, 2.45) is 7.05 Å². The van der Waals surface area contributed by atoms with Gasteiger partial charge in [-0.2, -0.15) is 5.26 Å². The Labute approximate surface area is 154 Å². The third-order valence-electron chi connectivity index (χ3n) is 4.11. The lowest BCUT2D eigenvalue weighted by Gasteiger charge is -2.06. The smallest absolute Gasteiger partial charge is 0.231 e. The van der Waals surface area contributed by atoms with Gasteiger partial charge in [-0.1, -0.05) is 30.3 Å². The number of thiophene rings is 1. The van der Waals surface area contributed by atoms with E-state index in [2.05, 4.69) is 16.4 Å². The SMILES string of the molecule is Cn1c(C(=O)c2cc(C#N)sc2Nc2ccccc2)nc2ccccc21. The summed E-state index contributed by atoms with van der Waals surface area (Å²) in [6.45, 7) is 0. The lowest BCUT2D eigenvalue weighted by Crippen LogP contribution is -2.09. The van der Waals surface area contributed by atoms with Crippen LogP contribution in [0, 0.1) is 11.3 Å². The molecule has 0 saturated carbocycles. The molecule has 0 atom stereocenters. The van der Waals surface area contributed by atoms with Crippen LogP contribution in [0.5, 0.6) is 0 Å². The van der Waals surface area contributed by atoms with E-state index in [0.29, 0.717) is 21.3 Å². The van der Waals surface area contributed by atoms with Crippen molar-refractivity contribution in [3.8, 4) is 6.07 Å². The highest BCUT2D eigenvalue weighted by atomic mass is 32.1. The molecule has 2 aromatic carbocycles. The predicted molar refractivity (Wildman–Crippen MR) is 103 cm³/mol. The Balaban J connectivity index is 1.79. The first-order valence-corrected chi connectivity index (χ1v) is 8.81. The van der Waals surface area contributed by atoms with E-state index in [9.17, 15) is 10.1 Å². The first kappa shape index (κ1) is 16.1. The number of benzene rings is 2. The van der Waals surface area contributed by atoms with Crippen molar-refractivity contribution in [2.75, 3.05) is 5.32 Å². The summed E-state index contributed by atoms with van der Waals surface area (Å²) in [5.41, 5.74) is 2.97. The number of rotatable bonds is 4. The summed E-state index contributed by atoms with van der Waals surface area (Å²) < 4.78 is 1.79. The van der Waals surface area contributed by atoms with E-state index >= 15 is 0 Å². The zero-order chi connectivity index (χ0) is 18.1. The van der Waals surface area contributed by atoms with Crippen LogP contribution in [0.3, 0.4) is 0 Å². The molecule has 0 spiro atoms. The number of hydrogen-bond acceptors (Lipinski definition) is 5. The zero-order valence-electron chi connectivity index (χ0n) is 13.9. The van der Waals surface area contributed by atoms with E-state index in [1.165, 1.54) is 11.3 Å². The van der Waals surface area contributed by atoms with Gasteiger partial charge >= 0.3 is 0 Å². The molecule has 2 heterocycles. The molecule has 0 aliphatic heterocycles. The molecule has 1 N–H and O–H groups in total. The van der Waals surface area contributed by atoms with E-state index in [1.807, 2.05) is 61.6 Å². The van der Waals surface area contributed by atoms with Crippen LogP contribution in [0.15, 0.2) is 60.7 Å². The molecule has 0 radical (unpaired) electrons. The molecular formula is C20H14N4OS. The second-order valence-corrected chi connectivity index (χ2v) is 6.82. The summed E-state index contributed by atoms with van der Waals surface area (Å²) in [5.74, 6) is 0.143. The van der Waals surface area contributed by atoms with Crippen molar-refractivity contribution in [2.45, 2.75) is 0 Å². The number of nitrogens with zero attached hydrogens (tertiary/aromatic N) is 3. The third-order valence-corrected chi connectivity index (χ3v) is 5.06. The number of aromatic nitrogens is 2. The van der Waals surface area contributed by atoms with Crippen molar-refractivity contribution in [1.29, 1.82) is 5.26 Å². The molecular weight excluding hydrogens is 344 g/mol. The van der Waals surface area contributed by atoms with E-state index in [1.54, 1.807) is 10.6 Å². The second-order valence-electron chi connectivity index (χ2n) is 5.77. The van der Waals surface area contributed by atoms with Gasteiger partial charge < -0.3 is 9.88 Å². The van der Waals surface area contributed by atoms with E-state index in [4.69, 9.17) is 0 Å². The molecule has 0 unspecified atom stereocenters. The fourth-order valence-corrected chi connectivity index (χ4v) is 3.70. The highest BCUT2D eigenvalue weighted by Crippen LogP contribution is 2.32. The Kier molecular flexibility index (Phi) is 3.99. The summed E-state index contributed by atoms with van der Waals surface area (Å²) >= 11 is 1.26. The number of anilines is 2. The Morgan fingerprint density at radius 1 is 1.15 bits per heavy atom. The lowest BCUT2D eigenvalue weighted by molar-refractivity contribution is 0.102. The number of para-hydroxylation sites is 3. The zero-order valence-corrected chi connectivity index (χ0v) is 14.7. The van der Waals surface area contributed by atoms with E-state index in [0.717, 1.165) is 16.7 Å². The molecule has 0 aliphatic rings. The monoisotopic (exact) mass is 358 g/mol. The van der Waals surface area contributed by atoms with Gasteiger partial charge in [0, 0.05) is 12.7 Å². The van der Waals surface area contributed by atoms with Crippen molar-refractivity contribution in [3.05, 3.63) is 76.9 Å². The maximum atomic E-state index is 13.2. The first-order chi connectivity index (χ1) is 12.7. The molecule has 0 saturated heterocycles. The van der Waals surface area contributed by atoms with Crippen LogP contribution in [-0.4, -0.2) is 15.3 Å². The molecule has 0 bridgehead atoms. The maximum absolute atomic E-state index is 13.2. The minimum absolute atomic E-state index is 0.208. The fourth-order valence-electron chi connectivity index (χ4n) is 2.83. The van der Waals surface area contributed by atoms with Gasteiger partial charge in [0.2, 0.25) is 5.78 Å². The number of fused-ring (bicyclic) bond motifs is 1. The summed E-state index contributed by atoms with van der Waals surface area (Å²) in [6, 6.07) is 20.9. The van der Waals surface area contributed by atoms with E-state index < -0.39 is 0 Å². The molecule has 0 amide bonds. The van der Waals surface area contributed by atoms with Crippen LogP contribution < -0.4 is 5.32 Å². The van der Waals surface area contributed by atoms with Crippen LogP contribution in [0.2, 0.25) is 0 Å². The number of ketones is 1. The van der Waals surface area contributed by atoms with Crippen LogP contribution in [0.1, 0.15) is 21.1 Å². The molecule has 2 aromatic heterocycles. The quantitative estimate of drug-likeness (QED) is 0.546. The number of carbonyl (C=O) groups is 1. The minimum Gasteiger partial charge on any atom is -0.347 e. The van der Waals surface area contributed by atoms with Gasteiger partial charge in [0.25, 0.3) is 0 Å². The van der Waals surface area contributed by atoms with Crippen LogP contribution >= 0.6 is 11.3 Å². The van der Waals surface area contributed by atoms with Gasteiger partial charge in [0.15, 0.2) is 5.82 Å². The minimum atomic E-state index is -0.208. The van der Waals surface area contributed by atoms with Crippen LogP contribution in [0.25, 0.3) is 11.0 Å². The van der Waals surface area contributed by atoms with Gasteiger partial charge in [-0.15, -0.1) is 11.3 Å². The van der Waals surface area contributed by atoms with E-state index in [-0.39, 0.29) is 5.78 Å². The van der Waals surface area contributed by atoms with Crippen molar-refractivity contribution in [3.63, 3.8) is 0 Å². The van der Waals surface area contributed by atoms with Gasteiger partial charge in [0.05, 0.1) is 16.6 Å². The van der Waals surface area contributed by atoms with Gasteiger partial charge in [-0.3, -0.25) is 4.79 Å². The number of nitrogens with one attached hydrogen (secondary N) is 1. The summed E-state index contributed by atoms with van der Waals surface area (Å²) in [5, 5.41) is 13.1. The average molecular weight is 358 g/mol. The number of imidazole rings is 1. The number of nitriles is 1. The Morgan fingerprint density at radius 2 is 1.88 bits per heavy atom. The molecule has 4 rings (SSSR count). The second kappa shape index (κ2) is 6.47. The Hall–Kier alpha value is -3.43. The fraction of sp³-hybridized carbons (Fsp3) is 0.0500. The van der Waals surface area contributed by atoms with Crippen molar-refractivity contribution in [1.82, 2.24) is 9.55 Å². The summed E-state index contributed by atoms with van der Waals surface area (Å²) in [6.07, 6.45) is 0. The molecule has 0 fully saturated rings. The average Bonchev–Trinajstić information content (AvgIpc) is 3.23. The van der Waals surface area contributed by atoms with Gasteiger partial charge in [-0.05, 0) is 30.3 Å². The molecule has 26 heavy (non-hydrogen) atoms. The number of hydrogen-bond donors (Lipinski definition) is 1. The molecule has 5 nitrogen and oxygen atoms in total. The standard InChI is InChI=1S/C20H14N4OS/c1-24-17-10-6-5-9-16(17)23-19(24)18(25)15-11-14(12-21)26-20(15)22-13-7-3-2-4-8-13/h2-11,22H,1H3. The number of aryl methyl sites for hydroxylation is 1. The topological polar surface area (TPSA) is 70.7 Å². The largest absolute Gasteiger partial charge is 0.347 e. The predicted octanol–water partition coefficient (Wildman–Crippen LogP) is 4.48. The van der Waals surface area contributed by atoms with Crippen LogP contribution in [-0.2, 0) is 7.05 Å². The highest BCUT2D eigenvalue weighted by Gasteiger charge is 2.22. The normalized spacial score (nSPS) is 10.6. The van der Waals surface area contributed by atoms with Crippen molar-refractivity contribution < 1.29 is 4.79 Å². The molecule has 126 valence electrons. The van der Waals surface area contributed by atoms with Gasteiger partial charge in [-0.25, -0.2) is 4.98 Å². The number of carbonyl (C=O) groups excluding carboxylic acids is 1. The molecule has 0 aliphatic carbocycles. The molecule has 6 heteroatoms. The maximum Gasteiger partial charge on any atom is 0.231 e. The van der Waals surface area contributed by atoms with Crippen molar-refractivity contribution >= 4 is 38.8 Å². The Morgan fingerprint density at radius 3 is 2.62 bits per heavy atom. The molecule has 4 aromatic rings. The third kappa shape index (κ3) is 2.75. The highest BCUT2D eigenvalue weighted by molar-refractivity contribution is 7.17. The summed E-state index contributed by atoms with van der Waals surface area (Å²) in [7, 11) is 1.82. The first-order valence-electron chi connectivity index (χ1n) is 7.99. The van der Waals surface area contributed by atoms with Gasteiger partial charge in [0.1, 0.15) is 15.9 Å². The Bertz CT molecular complexity index is 1150.